The maximum atomic E-state index is 12.3. The normalized spacial score (nSPS) is 14.8. The van der Waals surface area contributed by atoms with Crippen molar-refractivity contribution in [3.8, 4) is 0 Å². The molecule has 0 atom stereocenters. The highest BCUT2D eigenvalue weighted by Crippen LogP contribution is 2.25. The largest absolute Gasteiger partial charge is 0.459 e. The highest BCUT2D eigenvalue weighted by molar-refractivity contribution is 5.82. The SMILES string of the molecule is Cc1cc(C)n(C2CN(C(=O)NCc3oc4ccccc4c3C)C2)n1. The van der Waals surface area contributed by atoms with E-state index in [-0.39, 0.29) is 12.1 Å². The lowest BCUT2D eigenvalue weighted by atomic mass is 10.1. The Bertz CT molecular complexity index is 934. The van der Waals surface area contributed by atoms with E-state index in [9.17, 15) is 4.79 Å². The molecule has 1 saturated heterocycles. The van der Waals surface area contributed by atoms with E-state index in [1.54, 1.807) is 4.90 Å². The van der Waals surface area contributed by atoms with Gasteiger partial charge in [0, 0.05) is 29.7 Å². The maximum absolute atomic E-state index is 12.3. The summed E-state index contributed by atoms with van der Waals surface area (Å²) in [5, 5.41) is 8.55. The van der Waals surface area contributed by atoms with Gasteiger partial charge in [0.25, 0.3) is 0 Å². The topological polar surface area (TPSA) is 63.3 Å². The van der Waals surface area contributed by atoms with E-state index in [0.717, 1.165) is 33.7 Å². The number of carbonyl (C=O) groups is 1. The van der Waals surface area contributed by atoms with Crippen molar-refractivity contribution in [1.82, 2.24) is 20.0 Å². The second kappa shape index (κ2) is 5.95. The molecule has 6 heteroatoms. The number of rotatable bonds is 3. The lowest BCUT2D eigenvalue weighted by Crippen LogP contribution is -2.54. The summed E-state index contributed by atoms with van der Waals surface area (Å²) in [7, 11) is 0. The van der Waals surface area contributed by atoms with Gasteiger partial charge < -0.3 is 14.6 Å². The van der Waals surface area contributed by atoms with Gasteiger partial charge in [-0.3, -0.25) is 4.68 Å². The molecule has 2 aromatic heterocycles. The van der Waals surface area contributed by atoms with Gasteiger partial charge in [-0.25, -0.2) is 4.79 Å². The van der Waals surface area contributed by atoms with Gasteiger partial charge in [-0.05, 0) is 32.9 Å². The maximum Gasteiger partial charge on any atom is 0.317 e. The van der Waals surface area contributed by atoms with E-state index in [1.807, 2.05) is 49.7 Å². The Kier molecular flexibility index (Phi) is 3.75. The fourth-order valence-electron chi connectivity index (χ4n) is 3.45. The van der Waals surface area contributed by atoms with Crippen molar-refractivity contribution >= 4 is 17.0 Å². The molecule has 0 bridgehead atoms. The molecular formula is C19H22N4O2. The molecular weight excluding hydrogens is 316 g/mol. The molecule has 0 unspecified atom stereocenters. The van der Waals surface area contributed by atoms with E-state index in [0.29, 0.717) is 19.6 Å². The monoisotopic (exact) mass is 338 g/mol. The molecule has 25 heavy (non-hydrogen) atoms. The molecule has 2 amide bonds. The summed E-state index contributed by atoms with van der Waals surface area (Å²) in [5.41, 5.74) is 4.10. The van der Waals surface area contributed by atoms with Crippen LogP contribution in [-0.4, -0.2) is 33.8 Å². The number of hydrogen-bond donors (Lipinski definition) is 1. The molecule has 3 aromatic rings. The Morgan fingerprint density at radius 3 is 2.72 bits per heavy atom. The van der Waals surface area contributed by atoms with Crippen molar-refractivity contribution in [2.24, 2.45) is 0 Å². The zero-order valence-electron chi connectivity index (χ0n) is 14.7. The summed E-state index contributed by atoms with van der Waals surface area (Å²) < 4.78 is 7.86. The molecule has 3 heterocycles. The smallest absolute Gasteiger partial charge is 0.317 e. The molecule has 4 rings (SSSR count). The fraction of sp³-hybridized carbons (Fsp3) is 0.368. The third-order valence-corrected chi connectivity index (χ3v) is 4.88. The zero-order chi connectivity index (χ0) is 17.6. The van der Waals surface area contributed by atoms with Crippen LogP contribution < -0.4 is 5.32 Å². The van der Waals surface area contributed by atoms with Gasteiger partial charge in [-0.1, -0.05) is 18.2 Å². The van der Waals surface area contributed by atoms with Gasteiger partial charge in [-0.15, -0.1) is 0 Å². The average Bonchev–Trinajstić information content (AvgIpc) is 3.04. The van der Waals surface area contributed by atoms with E-state index >= 15 is 0 Å². The molecule has 1 fully saturated rings. The Morgan fingerprint density at radius 2 is 2.04 bits per heavy atom. The van der Waals surface area contributed by atoms with Crippen LogP contribution >= 0.6 is 0 Å². The van der Waals surface area contributed by atoms with Crippen molar-refractivity contribution in [3.63, 3.8) is 0 Å². The molecule has 130 valence electrons. The summed E-state index contributed by atoms with van der Waals surface area (Å²) in [6.07, 6.45) is 0. The van der Waals surface area contributed by atoms with Crippen LogP contribution in [0.25, 0.3) is 11.0 Å². The van der Waals surface area contributed by atoms with Crippen LogP contribution in [0.3, 0.4) is 0 Å². The molecule has 1 aliphatic heterocycles. The predicted octanol–water partition coefficient (Wildman–Crippen LogP) is 3.32. The third-order valence-electron chi connectivity index (χ3n) is 4.88. The number of amides is 2. The molecule has 0 radical (unpaired) electrons. The standard InChI is InChI=1S/C19H22N4O2/c1-12-8-13(2)23(21-12)15-10-22(11-15)19(24)20-9-18-14(3)16-6-4-5-7-17(16)25-18/h4-8,15H,9-11H2,1-3H3,(H,20,24). The second-order valence-electron chi connectivity index (χ2n) is 6.74. The van der Waals surface area contributed by atoms with Crippen LogP contribution in [0.15, 0.2) is 34.7 Å². The van der Waals surface area contributed by atoms with Gasteiger partial charge in [-0.2, -0.15) is 5.10 Å². The highest BCUT2D eigenvalue weighted by atomic mass is 16.3. The summed E-state index contributed by atoms with van der Waals surface area (Å²) in [5.74, 6) is 0.810. The fourth-order valence-corrected chi connectivity index (χ4v) is 3.45. The molecule has 0 saturated carbocycles. The Morgan fingerprint density at radius 1 is 1.28 bits per heavy atom. The molecule has 1 aliphatic rings. The van der Waals surface area contributed by atoms with Crippen molar-refractivity contribution < 1.29 is 9.21 Å². The van der Waals surface area contributed by atoms with Crippen molar-refractivity contribution in [2.45, 2.75) is 33.4 Å². The van der Waals surface area contributed by atoms with Crippen molar-refractivity contribution in [3.05, 3.63) is 53.0 Å². The summed E-state index contributed by atoms with van der Waals surface area (Å²) in [6.45, 7) is 7.84. The zero-order valence-corrected chi connectivity index (χ0v) is 14.7. The van der Waals surface area contributed by atoms with Gasteiger partial charge in [0.05, 0.1) is 18.3 Å². The quantitative estimate of drug-likeness (QED) is 0.797. The number of para-hydroxylation sites is 1. The van der Waals surface area contributed by atoms with Crippen molar-refractivity contribution in [1.29, 1.82) is 0 Å². The highest BCUT2D eigenvalue weighted by Gasteiger charge is 2.33. The number of furan rings is 1. The number of urea groups is 1. The summed E-state index contributed by atoms with van der Waals surface area (Å²) in [6, 6.07) is 10.2. The number of nitrogens with one attached hydrogen (secondary N) is 1. The molecule has 0 aliphatic carbocycles. The number of likely N-dealkylation sites (tertiary alicyclic amines) is 1. The van der Waals surface area contributed by atoms with Gasteiger partial charge in [0.1, 0.15) is 11.3 Å². The van der Waals surface area contributed by atoms with Gasteiger partial charge >= 0.3 is 6.03 Å². The number of aryl methyl sites for hydroxylation is 3. The summed E-state index contributed by atoms with van der Waals surface area (Å²) >= 11 is 0. The minimum absolute atomic E-state index is 0.0577. The minimum Gasteiger partial charge on any atom is -0.459 e. The molecule has 0 spiro atoms. The van der Waals surface area contributed by atoms with E-state index in [2.05, 4.69) is 16.5 Å². The second-order valence-corrected chi connectivity index (χ2v) is 6.74. The number of carbonyl (C=O) groups excluding carboxylic acids is 1. The summed E-state index contributed by atoms with van der Waals surface area (Å²) in [4.78, 5) is 14.1. The number of nitrogens with zero attached hydrogens (tertiary/aromatic N) is 3. The minimum atomic E-state index is -0.0577. The van der Waals surface area contributed by atoms with E-state index < -0.39 is 0 Å². The van der Waals surface area contributed by atoms with E-state index in [4.69, 9.17) is 4.42 Å². The lowest BCUT2D eigenvalue weighted by Gasteiger charge is -2.39. The van der Waals surface area contributed by atoms with Gasteiger partial charge in [0.15, 0.2) is 0 Å². The van der Waals surface area contributed by atoms with Crippen LogP contribution in [0.2, 0.25) is 0 Å². The first-order valence-corrected chi connectivity index (χ1v) is 8.55. The first-order chi connectivity index (χ1) is 12.0. The van der Waals surface area contributed by atoms with Crippen LogP contribution in [0, 0.1) is 20.8 Å². The Labute approximate surface area is 146 Å². The third kappa shape index (κ3) is 2.77. The molecule has 6 nitrogen and oxygen atoms in total. The van der Waals surface area contributed by atoms with E-state index in [1.165, 1.54) is 0 Å². The number of fused-ring (bicyclic) bond motifs is 1. The lowest BCUT2D eigenvalue weighted by molar-refractivity contribution is 0.116. The number of benzene rings is 1. The van der Waals surface area contributed by atoms with Gasteiger partial charge in [0.2, 0.25) is 0 Å². The first kappa shape index (κ1) is 15.7. The van der Waals surface area contributed by atoms with Crippen molar-refractivity contribution in [2.75, 3.05) is 13.1 Å². The van der Waals surface area contributed by atoms with Crippen LogP contribution in [-0.2, 0) is 6.54 Å². The van der Waals surface area contributed by atoms with Crippen LogP contribution in [0.4, 0.5) is 4.79 Å². The molecule has 1 aromatic carbocycles. The average molecular weight is 338 g/mol. The van der Waals surface area contributed by atoms with Crippen LogP contribution in [0.5, 0.6) is 0 Å². The number of hydrogen-bond acceptors (Lipinski definition) is 3. The van der Waals surface area contributed by atoms with Crippen LogP contribution in [0.1, 0.15) is 28.8 Å². The Balaban J connectivity index is 1.35. The Hall–Kier alpha value is -2.76. The molecule has 1 N–H and O–H groups in total. The first-order valence-electron chi connectivity index (χ1n) is 8.55. The predicted molar refractivity (Wildman–Crippen MR) is 95.5 cm³/mol. The number of aromatic nitrogens is 2.